The maximum Gasteiger partial charge on any atom is 0.325 e. The molecule has 1 saturated heterocycles. The second-order valence-electron chi connectivity index (χ2n) is 6.09. The van der Waals surface area contributed by atoms with Gasteiger partial charge in [0.25, 0.3) is 5.91 Å². The number of hydrogen-bond acceptors (Lipinski definition) is 6. The average molecular weight is 400 g/mol. The van der Waals surface area contributed by atoms with Gasteiger partial charge in [-0.15, -0.1) is 0 Å². The van der Waals surface area contributed by atoms with Crippen molar-refractivity contribution in [2.45, 2.75) is 11.8 Å². The van der Waals surface area contributed by atoms with Gasteiger partial charge in [0, 0.05) is 0 Å². The van der Waals surface area contributed by atoms with Gasteiger partial charge in [-0.2, -0.15) is 4.31 Å². The molecule has 1 amide bonds. The molecular formula is C17H26N3O6S+. The number of piperazine rings is 1. The predicted octanol–water partition coefficient (Wildman–Crippen LogP) is -1.74. The first-order chi connectivity index (χ1) is 12.9. The van der Waals surface area contributed by atoms with E-state index in [-0.39, 0.29) is 23.9 Å². The number of rotatable bonds is 8. The van der Waals surface area contributed by atoms with Gasteiger partial charge in [0.05, 0.1) is 44.8 Å². The van der Waals surface area contributed by atoms with Crippen LogP contribution in [0.1, 0.15) is 6.92 Å². The van der Waals surface area contributed by atoms with E-state index in [1.54, 1.807) is 24.3 Å². The van der Waals surface area contributed by atoms with Crippen molar-refractivity contribution in [3.8, 4) is 5.75 Å². The molecule has 0 radical (unpaired) electrons. The van der Waals surface area contributed by atoms with Crippen molar-refractivity contribution in [1.82, 2.24) is 9.62 Å². The van der Waals surface area contributed by atoms with Crippen molar-refractivity contribution >= 4 is 21.9 Å². The lowest BCUT2D eigenvalue weighted by Crippen LogP contribution is -3.15. The topological polar surface area (TPSA) is 106 Å². The van der Waals surface area contributed by atoms with E-state index < -0.39 is 16.0 Å². The number of carbonyl (C=O) groups excluding carboxylic acids is 2. The van der Waals surface area contributed by atoms with Crippen LogP contribution in [0.3, 0.4) is 0 Å². The van der Waals surface area contributed by atoms with Crippen molar-refractivity contribution in [3.05, 3.63) is 24.3 Å². The number of methoxy groups -OCH3 is 1. The van der Waals surface area contributed by atoms with Crippen molar-refractivity contribution in [1.29, 1.82) is 0 Å². The Balaban J connectivity index is 1.86. The lowest BCUT2D eigenvalue weighted by Gasteiger charge is -2.31. The summed E-state index contributed by atoms with van der Waals surface area (Å²) in [6, 6.07) is 6.37. The Hall–Kier alpha value is -2.17. The Morgan fingerprint density at radius 2 is 1.81 bits per heavy atom. The molecule has 1 aliphatic rings. The molecule has 0 saturated carbocycles. The molecule has 2 N–H and O–H groups in total. The Morgan fingerprint density at radius 3 is 2.37 bits per heavy atom. The fourth-order valence-electron chi connectivity index (χ4n) is 2.78. The minimum absolute atomic E-state index is 0.166. The maximum absolute atomic E-state index is 12.7. The number of hydrogen-bond donors (Lipinski definition) is 2. The van der Waals surface area contributed by atoms with Crippen LogP contribution in [0.5, 0.6) is 5.75 Å². The molecule has 10 heteroatoms. The van der Waals surface area contributed by atoms with Gasteiger partial charge in [0.2, 0.25) is 10.0 Å². The van der Waals surface area contributed by atoms with Crippen molar-refractivity contribution in [2.75, 3.05) is 53.0 Å². The molecule has 0 aromatic heterocycles. The number of nitrogens with one attached hydrogen (secondary N) is 2. The fraction of sp³-hybridized carbons (Fsp3) is 0.529. The summed E-state index contributed by atoms with van der Waals surface area (Å²) in [5, 5.41) is 2.49. The standard InChI is InChI=1S/C17H25N3O6S/c1-3-26-14-4-6-15(7-5-14)27(23,24)20-10-8-19(9-11-20)13-16(21)18-12-17(22)25-2/h4-7H,3,8-13H2,1-2H3,(H,18,21)/p+1. The molecule has 0 atom stereocenters. The van der Waals surface area contributed by atoms with Gasteiger partial charge in [-0.05, 0) is 31.2 Å². The molecule has 1 heterocycles. The number of amides is 1. The highest BCUT2D eigenvalue weighted by Crippen LogP contribution is 2.19. The van der Waals surface area contributed by atoms with Crippen LogP contribution >= 0.6 is 0 Å². The minimum atomic E-state index is -3.57. The highest BCUT2D eigenvalue weighted by molar-refractivity contribution is 7.89. The molecule has 1 aliphatic heterocycles. The fourth-order valence-corrected chi connectivity index (χ4v) is 4.22. The maximum atomic E-state index is 12.7. The molecule has 0 unspecified atom stereocenters. The Bertz CT molecular complexity index is 742. The van der Waals surface area contributed by atoms with Gasteiger partial charge in [-0.3, -0.25) is 9.59 Å². The normalized spacial score (nSPS) is 15.9. The second-order valence-corrected chi connectivity index (χ2v) is 8.03. The van der Waals surface area contributed by atoms with Crippen molar-refractivity contribution in [2.24, 2.45) is 0 Å². The molecule has 0 aliphatic carbocycles. The van der Waals surface area contributed by atoms with Crippen LogP contribution in [0, 0.1) is 0 Å². The van der Waals surface area contributed by atoms with Crippen LogP contribution in [0.15, 0.2) is 29.2 Å². The third-order valence-electron chi connectivity index (χ3n) is 4.27. The Morgan fingerprint density at radius 1 is 1.19 bits per heavy atom. The predicted molar refractivity (Wildman–Crippen MR) is 97.0 cm³/mol. The van der Waals surface area contributed by atoms with E-state index in [2.05, 4.69) is 10.1 Å². The van der Waals surface area contributed by atoms with E-state index in [0.717, 1.165) is 4.90 Å². The number of esters is 1. The summed E-state index contributed by atoms with van der Waals surface area (Å²) in [7, 11) is -2.31. The molecule has 9 nitrogen and oxygen atoms in total. The summed E-state index contributed by atoms with van der Waals surface area (Å²) >= 11 is 0. The highest BCUT2D eigenvalue weighted by atomic mass is 32.2. The first kappa shape index (κ1) is 21.1. The summed E-state index contributed by atoms with van der Waals surface area (Å²) in [6.07, 6.45) is 0. The van der Waals surface area contributed by atoms with E-state index in [4.69, 9.17) is 4.74 Å². The molecule has 150 valence electrons. The number of quaternary nitrogens is 1. The number of carbonyl (C=O) groups is 2. The molecular weight excluding hydrogens is 374 g/mol. The van der Waals surface area contributed by atoms with E-state index in [1.807, 2.05) is 6.92 Å². The summed E-state index contributed by atoms with van der Waals surface area (Å²) < 4.78 is 36.7. The van der Waals surface area contributed by atoms with Crippen molar-refractivity contribution < 1.29 is 32.4 Å². The van der Waals surface area contributed by atoms with E-state index >= 15 is 0 Å². The lowest BCUT2D eigenvalue weighted by molar-refractivity contribution is -0.895. The third-order valence-corrected chi connectivity index (χ3v) is 6.18. The number of ether oxygens (including phenoxy) is 2. The molecule has 1 aromatic rings. The Kier molecular flexibility index (Phi) is 7.57. The van der Waals surface area contributed by atoms with Crippen LogP contribution in [0.4, 0.5) is 0 Å². The summed E-state index contributed by atoms with van der Waals surface area (Å²) in [4.78, 5) is 24.1. The van der Waals surface area contributed by atoms with Gasteiger partial charge in [0.1, 0.15) is 12.3 Å². The van der Waals surface area contributed by atoms with E-state index in [0.29, 0.717) is 38.5 Å². The van der Waals surface area contributed by atoms with Crippen LogP contribution < -0.4 is 15.0 Å². The largest absolute Gasteiger partial charge is 0.494 e. The Labute approximate surface area is 159 Å². The van der Waals surface area contributed by atoms with Crippen LogP contribution in [0.25, 0.3) is 0 Å². The molecule has 0 spiro atoms. The summed E-state index contributed by atoms with van der Waals surface area (Å²) in [5.41, 5.74) is 0. The van der Waals surface area contributed by atoms with Gasteiger partial charge < -0.3 is 19.7 Å². The zero-order valence-electron chi connectivity index (χ0n) is 15.6. The minimum Gasteiger partial charge on any atom is -0.494 e. The zero-order valence-corrected chi connectivity index (χ0v) is 16.4. The van der Waals surface area contributed by atoms with E-state index in [9.17, 15) is 18.0 Å². The molecule has 27 heavy (non-hydrogen) atoms. The van der Waals surface area contributed by atoms with Gasteiger partial charge >= 0.3 is 5.97 Å². The van der Waals surface area contributed by atoms with E-state index in [1.165, 1.54) is 11.4 Å². The lowest BCUT2D eigenvalue weighted by atomic mass is 10.3. The SMILES string of the molecule is CCOc1ccc(S(=O)(=O)N2CC[NH+](CC(=O)NCC(=O)OC)CC2)cc1. The summed E-state index contributed by atoms with van der Waals surface area (Å²) in [6.45, 7) is 4.09. The zero-order chi connectivity index (χ0) is 19.9. The summed E-state index contributed by atoms with van der Waals surface area (Å²) in [5.74, 6) is -0.147. The van der Waals surface area contributed by atoms with Gasteiger partial charge in [-0.1, -0.05) is 0 Å². The quantitative estimate of drug-likeness (QED) is 0.502. The molecule has 1 fully saturated rings. The monoisotopic (exact) mass is 400 g/mol. The number of sulfonamides is 1. The van der Waals surface area contributed by atoms with Gasteiger partial charge in [-0.25, -0.2) is 8.42 Å². The van der Waals surface area contributed by atoms with Crippen molar-refractivity contribution in [3.63, 3.8) is 0 Å². The average Bonchev–Trinajstić information content (AvgIpc) is 2.67. The highest BCUT2D eigenvalue weighted by Gasteiger charge is 2.31. The number of nitrogens with zero attached hydrogens (tertiary/aromatic N) is 1. The molecule has 2 rings (SSSR count). The first-order valence-electron chi connectivity index (χ1n) is 8.77. The second kappa shape index (κ2) is 9.67. The van der Waals surface area contributed by atoms with Gasteiger partial charge in [0.15, 0.2) is 6.54 Å². The van der Waals surface area contributed by atoms with Crippen LogP contribution in [-0.4, -0.2) is 77.6 Å². The first-order valence-corrected chi connectivity index (χ1v) is 10.2. The molecule has 0 bridgehead atoms. The smallest absolute Gasteiger partial charge is 0.325 e. The molecule has 1 aromatic carbocycles. The van der Waals surface area contributed by atoms with Crippen LogP contribution in [0.2, 0.25) is 0 Å². The van der Waals surface area contributed by atoms with Crippen LogP contribution in [-0.2, 0) is 24.3 Å². The third kappa shape index (κ3) is 5.91. The number of benzene rings is 1.